The number of aromatic nitrogens is 2. The highest BCUT2D eigenvalue weighted by Crippen LogP contribution is 2.27. The summed E-state index contributed by atoms with van der Waals surface area (Å²) < 4.78 is 0. The van der Waals surface area contributed by atoms with Gasteiger partial charge in [0.1, 0.15) is 5.82 Å². The fraction of sp³-hybridized carbons (Fsp3) is 0.125. The molecule has 100 valence electrons. The molecule has 0 aliphatic heterocycles. The number of carboxylic acid groups (broad SMARTS) is 1. The summed E-state index contributed by atoms with van der Waals surface area (Å²) in [4.78, 5) is 18.6. The highest BCUT2D eigenvalue weighted by Gasteiger charge is 2.17. The number of aromatic carboxylic acids is 1. The number of carbonyl (C=O) groups is 1. The van der Waals surface area contributed by atoms with Crippen LogP contribution in [0.25, 0.3) is 22.2 Å². The van der Waals surface area contributed by atoms with E-state index in [0.717, 1.165) is 16.3 Å². The van der Waals surface area contributed by atoms with Gasteiger partial charge < -0.3 is 10.1 Å². The monoisotopic (exact) mass is 266 g/mol. The highest BCUT2D eigenvalue weighted by atomic mass is 16.4. The van der Waals surface area contributed by atoms with Crippen molar-refractivity contribution < 1.29 is 9.90 Å². The smallest absolute Gasteiger partial charge is 0.356 e. The summed E-state index contributed by atoms with van der Waals surface area (Å²) in [7, 11) is 0. The van der Waals surface area contributed by atoms with Crippen molar-refractivity contribution >= 4 is 16.7 Å². The van der Waals surface area contributed by atoms with Gasteiger partial charge in [-0.15, -0.1) is 0 Å². The Morgan fingerprint density at radius 3 is 2.65 bits per heavy atom. The van der Waals surface area contributed by atoms with Gasteiger partial charge in [0.15, 0.2) is 5.69 Å². The Morgan fingerprint density at radius 1 is 1.20 bits per heavy atom. The number of hydrogen-bond acceptors (Lipinski definition) is 2. The molecule has 0 spiro atoms. The van der Waals surface area contributed by atoms with Crippen LogP contribution in [0, 0.1) is 0 Å². The third-order valence-electron chi connectivity index (χ3n) is 3.38. The lowest BCUT2D eigenvalue weighted by molar-refractivity contribution is 0.0690. The molecule has 0 unspecified atom stereocenters. The Hall–Kier alpha value is -2.62. The lowest BCUT2D eigenvalue weighted by atomic mass is 10.0. The maximum atomic E-state index is 11.2. The van der Waals surface area contributed by atoms with E-state index in [4.69, 9.17) is 0 Å². The van der Waals surface area contributed by atoms with Crippen molar-refractivity contribution in [2.75, 3.05) is 0 Å². The van der Waals surface area contributed by atoms with E-state index in [2.05, 4.69) is 9.97 Å². The van der Waals surface area contributed by atoms with E-state index in [9.17, 15) is 9.90 Å². The molecule has 4 nitrogen and oxygen atoms in total. The molecule has 0 atom stereocenters. The Bertz CT molecular complexity index is 785. The van der Waals surface area contributed by atoms with E-state index in [1.54, 1.807) is 0 Å². The summed E-state index contributed by atoms with van der Waals surface area (Å²) in [6.45, 7) is 1.91. The van der Waals surface area contributed by atoms with Crippen LogP contribution in [-0.4, -0.2) is 21.0 Å². The molecule has 2 N–H and O–H groups in total. The van der Waals surface area contributed by atoms with Crippen LogP contribution in [0.15, 0.2) is 42.5 Å². The predicted molar refractivity (Wildman–Crippen MR) is 77.9 cm³/mol. The van der Waals surface area contributed by atoms with Gasteiger partial charge in [0, 0.05) is 11.3 Å². The first-order valence-corrected chi connectivity index (χ1v) is 6.51. The van der Waals surface area contributed by atoms with E-state index in [-0.39, 0.29) is 5.69 Å². The largest absolute Gasteiger partial charge is 0.476 e. The van der Waals surface area contributed by atoms with Crippen LogP contribution in [0.1, 0.15) is 23.1 Å². The number of carboxylic acids is 1. The zero-order chi connectivity index (χ0) is 14.1. The zero-order valence-electron chi connectivity index (χ0n) is 11.1. The molecule has 0 aliphatic carbocycles. The topological polar surface area (TPSA) is 66.0 Å². The fourth-order valence-corrected chi connectivity index (χ4v) is 2.40. The van der Waals surface area contributed by atoms with Gasteiger partial charge in [0.25, 0.3) is 0 Å². The minimum Gasteiger partial charge on any atom is -0.476 e. The van der Waals surface area contributed by atoms with Crippen molar-refractivity contribution in [3.63, 3.8) is 0 Å². The molecule has 0 bridgehead atoms. The van der Waals surface area contributed by atoms with Gasteiger partial charge in [-0.25, -0.2) is 9.78 Å². The van der Waals surface area contributed by atoms with E-state index in [0.29, 0.717) is 17.9 Å². The first-order valence-electron chi connectivity index (χ1n) is 6.51. The van der Waals surface area contributed by atoms with Crippen molar-refractivity contribution in [3.05, 3.63) is 53.9 Å². The molecule has 1 aromatic heterocycles. The predicted octanol–water partition coefficient (Wildman–Crippen LogP) is 3.49. The number of nitrogens with one attached hydrogen (secondary N) is 1. The molecule has 3 aromatic rings. The number of benzene rings is 2. The van der Waals surface area contributed by atoms with Crippen molar-refractivity contribution in [3.8, 4) is 11.4 Å². The Balaban J connectivity index is 2.23. The molecule has 1 heterocycles. The lowest BCUT2D eigenvalue weighted by Crippen LogP contribution is -2.00. The lowest BCUT2D eigenvalue weighted by Gasteiger charge is -2.03. The molecular formula is C16H14N2O2. The summed E-state index contributed by atoms with van der Waals surface area (Å²) in [5, 5.41) is 11.4. The molecule has 3 rings (SSSR count). The standard InChI is InChI=1S/C16H14N2O2/c1-2-13-14(16(19)20)18-15(17-13)12-9-5-7-10-6-3-4-8-11(10)12/h3-9H,2H2,1H3,(H,17,18)(H,19,20). The number of hydrogen-bond donors (Lipinski definition) is 2. The molecular weight excluding hydrogens is 252 g/mol. The quantitative estimate of drug-likeness (QED) is 0.762. The van der Waals surface area contributed by atoms with Crippen LogP contribution in [-0.2, 0) is 6.42 Å². The first kappa shape index (κ1) is 12.4. The Morgan fingerprint density at radius 2 is 1.95 bits per heavy atom. The number of rotatable bonds is 3. The average molecular weight is 266 g/mol. The Labute approximate surface area is 116 Å². The van der Waals surface area contributed by atoms with Crippen LogP contribution in [0.5, 0.6) is 0 Å². The summed E-state index contributed by atoms with van der Waals surface area (Å²) in [6.07, 6.45) is 0.611. The van der Waals surface area contributed by atoms with Crippen LogP contribution in [0.3, 0.4) is 0 Å². The highest BCUT2D eigenvalue weighted by molar-refractivity contribution is 5.96. The minimum atomic E-state index is -0.996. The van der Waals surface area contributed by atoms with E-state index < -0.39 is 5.97 Å². The third kappa shape index (κ3) is 1.95. The summed E-state index contributed by atoms with van der Waals surface area (Å²) in [6, 6.07) is 13.9. The van der Waals surface area contributed by atoms with Gasteiger partial charge in [-0.1, -0.05) is 49.4 Å². The maximum absolute atomic E-state index is 11.2. The van der Waals surface area contributed by atoms with E-state index in [1.807, 2.05) is 49.4 Å². The van der Waals surface area contributed by atoms with E-state index >= 15 is 0 Å². The van der Waals surface area contributed by atoms with Gasteiger partial charge in [-0.05, 0) is 17.2 Å². The van der Waals surface area contributed by atoms with Crippen LogP contribution >= 0.6 is 0 Å². The van der Waals surface area contributed by atoms with Crippen molar-refractivity contribution in [1.29, 1.82) is 0 Å². The van der Waals surface area contributed by atoms with Gasteiger partial charge >= 0.3 is 5.97 Å². The summed E-state index contributed by atoms with van der Waals surface area (Å²) in [5.74, 6) is -0.388. The minimum absolute atomic E-state index is 0.107. The van der Waals surface area contributed by atoms with Gasteiger partial charge in [-0.3, -0.25) is 0 Å². The number of aromatic amines is 1. The molecule has 0 saturated heterocycles. The first-order chi connectivity index (χ1) is 9.70. The molecule has 0 radical (unpaired) electrons. The van der Waals surface area contributed by atoms with Crippen LogP contribution < -0.4 is 0 Å². The second-order valence-electron chi connectivity index (χ2n) is 4.60. The SMILES string of the molecule is CCc1[nH]c(-c2cccc3ccccc23)nc1C(=O)O. The normalized spacial score (nSPS) is 10.8. The Kier molecular flexibility index (Phi) is 2.99. The number of imidazole rings is 1. The molecule has 4 heteroatoms. The molecule has 0 fully saturated rings. The zero-order valence-corrected chi connectivity index (χ0v) is 11.1. The van der Waals surface area contributed by atoms with Gasteiger partial charge in [-0.2, -0.15) is 0 Å². The van der Waals surface area contributed by atoms with Crippen molar-refractivity contribution in [2.24, 2.45) is 0 Å². The van der Waals surface area contributed by atoms with Gasteiger partial charge in [0.05, 0.1) is 0 Å². The summed E-state index contributed by atoms with van der Waals surface area (Å²) >= 11 is 0. The average Bonchev–Trinajstić information content (AvgIpc) is 2.91. The maximum Gasteiger partial charge on any atom is 0.356 e. The number of nitrogens with zero attached hydrogens (tertiary/aromatic N) is 1. The van der Waals surface area contributed by atoms with Crippen LogP contribution in [0.2, 0.25) is 0 Å². The van der Waals surface area contributed by atoms with Crippen molar-refractivity contribution in [1.82, 2.24) is 9.97 Å². The molecule has 0 aliphatic rings. The van der Waals surface area contributed by atoms with Crippen molar-refractivity contribution in [2.45, 2.75) is 13.3 Å². The second kappa shape index (κ2) is 4.81. The van der Waals surface area contributed by atoms with Gasteiger partial charge in [0.2, 0.25) is 0 Å². The number of aryl methyl sites for hydroxylation is 1. The molecule has 0 saturated carbocycles. The summed E-state index contributed by atoms with van der Waals surface area (Å²) in [5.41, 5.74) is 1.68. The number of H-pyrrole nitrogens is 1. The molecule has 2 aromatic carbocycles. The van der Waals surface area contributed by atoms with Crippen LogP contribution in [0.4, 0.5) is 0 Å². The second-order valence-corrected chi connectivity index (χ2v) is 4.60. The third-order valence-corrected chi connectivity index (χ3v) is 3.38. The fourth-order valence-electron chi connectivity index (χ4n) is 2.40. The van der Waals surface area contributed by atoms with E-state index in [1.165, 1.54) is 0 Å². The molecule has 0 amide bonds. The molecule has 20 heavy (non-hydrogen) atoms. The number of fused-ring (bicyclic) bond motifs is 1.